The van der Waals surface area contributed by atoms with E-state index in [9.17, 15) is 61.5 Å². The Hall–Kier alpha value is -8.27. The van der Waals surface area contributed by atoms with Crippen molar-refractivity contribution in [2.45, 2.75) is 94.8 Å². The highest BCUT2D eigenvalue weighted by atomic mass is 19.4. The molecule has 402 valence electrons. The highest BCUT2D eigenvalue weighted by Crippen LogP contribution is 2.36. The largest absolute Gasteiger partial charge is 0.451 e. The molecule has 15 nitrogen and oxygen atoms in total. The zero-order valence-electron chi connectivity index (χ0n) is 39.3. The van der Waals surface area contributed by atoms with E-state index in [1.165, 1.54) is 63.0 Å². The lowest BCUT2D eigenvalue weighted by atomic mass is 10.2. The molecule has 6 aromatic heterocycles. The smallest absolute Gasteiger partial charge is 0.365 e. The molecule has 0 aliphatic heterocycles. The maximum absolute atomic E-state index is 13.9. The molecule has 3 saturated carbocycles. The number of anilines is 3. The summed E-state index contributed by atoms with van der Waals surface area (Å²) in [5, 5.41) is 8.78. The fourth-order valence-electron chi connectivity index (χ4n) is 7.62. The molecular formula is C48H37F14N15. The summed E-state index contributed by atoms with van der Waals surface area (Å²) in [6.07, 6.45) is -5.19. The molecule has 0 unspecified atom stereocenters. The minimum absolute atomic E-state index is 0.0108. The first-order valence-corrected chi connectivity index (χ1v) is 23.4. The Morgan fingerprint density at radius 3 is 1.18 bits per heavy atom. The van der Waals surface area contributed by atoms with E-state index in [2.05, 4.69) is 60.8 Å². The fourth-order valence-corrected chi connectivity index (χ4v) is 7.62. The number of benzene rings is 3. The van der Waals surface area contributed by atoms with Gasteiger partial charge in [0, 0.05) is 29.3 Å². The van der Waals surface area contributed by atoms with Gasteiger partial charge in [0.05, 0.1) is 38.6 Å². The van der Waals surface area contributed by atoms with Gasteiger partial charge >= 0.3 is 18.5 Å². The zero-order chi connectivity index (χ0) is 54.6. The first-order chi connectivity index (χ1) is 36.5. The van der Waals surface area contributed by atoms with Crippen molar-refractivity contribution in [2.24, 2.45) is 0 Å². The van der Waals surface area contributed by atoms with Gasteiger partial charge in [-0.05, 0) is 74.4 Å². The number of alkyl halides is 9. The number of hydrogen-bond donors (Lipinski definition) is 3. The summed E-state index contributed by atoms with van der Waals surface area (Å²) >= 11 is 0. The van der Waals surface area contributed by atoms with E-state index >= 15 is 0 Å². The van der Waals surface area contributed by atoms with Crippen LogP contribution in [0.15, 0.2) is 79.6 Å². The number of hydrogen-bond acceptors (Lipinski definition) is 12. The molecule has 77 heavy (non-hydrogen) atoms. The lowest BCUT2D eigenvalue weighted by Crippen LogP contribution is -2.15. The van der Waals surface area contributed by atoms with E-state index in [0.717, 1.165) is 62.3 Å². The molecule has 0 bridgehead atoms. The van der Waals surface area contributed by atoms with Crippen LogP contribution in [0.3, 0.4) is 0 Å². The quantitative estimate of drug-likeness (QED) is 0.0993. The monoisotopic (exact) mass is 1090 g/mol. The second kappa shape index (κ2) is 20.4. The molecule has 29 heteroatoms. The summed E-state index contributed by atoms with van der Waals surface area (Å²) in [4.78, 5) is 33.7. The molecule has 9 aromatic rings. The van der Waals surface area contributed by atoms with Gasteiger partial charge in [-0.3, -0.25) is 0 Å². The second-order valence-corrected chi connectivity index (χ2v) is 18.1. The first-order valence-electron chi connectivity index (χ1n) is 23.4. The van der Waals surface area contributed by atoms with Crippen molar-refractivity contribution in [3.05, 3.63) is 143 Å². The number of nitrogens with zero attached hydrogens (tertiary/aromatic N) is 12. The lowest BCUT2D eigenvalue weighted by Gasteiger charge is -2.11. The third kappa shape index (κ3) is 12.1. The van der Waals surface area contributed by atoms with Crippen molar-refractivity contribution in [1.29, 1.82) is 0 Å². The van der Waals surface area contributed by atoms with Crippen molar-refractivity contribution in [1.82, 2.24) is 58.6 Å². The van der Waals surface area contributed by atoms with Crippen molar-refractivity contribution >= 4 is 50.9 Å². The molecule has 0 amide bonds. The van der Waals surface area contributed by atoms with E-state index in [0.29, 0.717) is 5.52 Å². The molecule has 0 spiro atoms. The molecular weight excluding hydrogens is 1050 g/mol. The number of fused-ring (bicyclic) bond motifs is 3. The predicted octanol–water partition coefficient (Wildman–Crippen LogP) is 11.1. The van der Waals surface area contributed by atoms with Crippen LogP contribution in [-0.2, 0) is 38.2 Å². The van der Waals surface area contributed by atoms with Crippen molar-refractivity contribution in [3.8, 4) is 0 Å². The molecule has 3 aliphatic rings. The van der Waals surface area contributed by atoms with Crippen LogP contribution in [0.4, 0.5) is 78.9 Å². The molecule has 12 rings (SSSR count). The van der Waals surface area contributed by atoms with Gasteiger partial charge in [0.25, 0.3) is 0 Å². The van der Waals surface area contributed by atoms with Crippen LogP contribution >= 0.6 is 0 Å². The maximum Gasteiger partial charge on any atom is 0.451 e. The van der Waals surface area contributed by atoms with Crippen LogP contribution in [0.2, 0.25) is 0 Å². The number of rotatable bonds is 12. The summed E-state index contributed by atoms with van der Waals surface area (Å²) in [6.45, 7) is -0.322. The second-order valence-electron chi connectivity index (χ2n) is 18.1. The maximum atomic E-state index is 13.9. The van der Waals surface area contributed by atoms with E-state index in [-0.39, 0.29) is 100 Å². The van der Waals surface area contributed by atoms with Gasteiger partial charge in [-0.25, -0.2) is 66.8 Å². The van der Waals surface area contributed by atoms with Gasteiger partial charge < -0.3 is 29.7 Å². The summed E-state index contributed by atoms with van der Waals surface area (Å²) in [6, 6.07) is 12.9. The summed E-state index contributed by atoms with van der Waals surface area (Å²) in [5.74, 6) is -7.86. The zero-order valence-corrected chi connectivity index (χ0v) is 39.3. The molecule has 3 fully saturated rings. The number of halogens is 14. The Morgan fingerprint density at radius 2 is 0.792 bits per heavy atom. The standard InChI is InChI=1S/2C16H12F5N5.C16H13F4N5/c17-10-2-1-3-11(18)9(10)6-26-7-22-12-13(23-8-4-5-8)24-15(16(19,20)21)25-14(12)26;17-10-3-1-2-8(11(10)18)6-26-7-22-12-13(23-9-4-5-9)24-15(16(19,20)21)25-14(12)26;17-10-3-1-9(2-4-10)7-25-8-21-12-13(22-11-5-6-11)23-15(16(18,19)20)24-14(12)25/h1-3,7-8H,4-6H2,(H,23,24,25);1-3,7,9H,4-6H2,(H,23,24,25);1-4,8,11H,5-7H2,(H,22,23,24). The first kappa shape index (κ1) is 52.2. The number of aromatic nitrogens is 12. The van der Waals surface area contributed by atoms with E-state index in [1.54, 1.807) is 12.1 Å². The topological polar surface area (TPSA) is 167 Å². The summed E-state index contributed by atoms with van der Waals surface area (Å²) < 4.78 is 190. The van der Waals surface area contributed by atoms with Crippen LogP contribution in [-0.4, -0.2) is 76.7 Å². The van der Waals surface area contributed by atoms with Gasteiger partial charge in [0.1, 0.15) is 34.0 Å². The third-order valence-electron chi connectivity index (χ3n) is 11.9. The van der Waals surface area contributed by atoms with E-state index in [1.807, 2.05) is 0 Å². The van der Waals surface area contributed by atoms with Crippen molar-refractivity contribution in [2.75, 3.05) is 16.0 Å². The molecule has 0 radical (unpaired) electrons. The van der Waals surface area contributed by atoms with Gasteiger partial charge in [-0.1, -0.05) is 30.3 Å². The summed E-state index contributed by atoms with van der Waals surface area (Å²) in [5.41, 5.74) is 0.853. The minimum atomic E-state index is -4.76. The molecule has 0 atom stereocenters. The molecule has 3 N–H and O–H groups in total. The van der Waals surface area contributed by atoms with Crippen molar-refractivity contribution < 1.29 is 61.5 Å². The highest BCUT2D eigenvalue weighted by Gasteiger charge is 2.39. The van der Waals surface area contributed by atoms with Gasteiger partial charge in [-0.2, -0.15) is 39.5 Å². The minimum Gasteiger partial charge on any atom is -0.365 e. The molecule has 0 saturated heterocycles. The van der Waals surface area contributed by atoms with Gasteiger partial charge in [-0.15, -0.1) is 0 Å². The molecule has 3 aliphatic carbocycles. The van der Waals surface area contributed by atoms with Gasteiger partial charge in [0.2, 0.25) is 17.5 Å². The fraction of sp³-hybridized carbons (Fsp3) is 0.312. The van der Waals surface area contributed by atoms with Gasteiger partial charge in [0.15, 0.2) is 46.0 Å². The third-order valence-corrected chi connectivity index (χ3v) is 11.9. The lowest BCUT2D eigenvalue weighted by molar-refractivity contribution is -0.145. The Bertz CT molecular complexity index is 3600. The SMILES string of the molecule is Fc1ccc(Cn2cnc3c(NC4CC4)nc(C(F)(F)F)nc32)cc1.Fc1cccc(Cn2cnc3c(NC4CC4)nc(C(F)(F)F)nc32)c1F.Fc1cccc(F)c1Cn1cnc2c(NC3CC3)nc(C(F)(F)F)nc21. The van der Waals surface area contributed by atoms with Crippen LogP contribution < -0.4 is 16.0 Å². The Balaban J connectivity index is 0.000000131. The molecule has 3 aromatic carbocycles. The predicted molar refractivity (Wildman–Crippen MR) is 247 cm³/mol. The van der Waals surface area contributed by atoms with E-state index in [4.69, 9.17) is 0 Å². The Kier molecular flexibility index (Phi) is 13.8. The molecule has 6 heterocycles. The van der Waals surface area contributed by atoms with E-state index < -0.39 is 59.3 Å². The summed E-state index contributed by atoms with van der Waals surface area (Å²) in [7, 11) is 0. The van der Waals surface area contributed by atoms with Crippen LogP contribution in [0, 0.1) is 29.1 Å². The average molecular weight is 1090 g/mol. The van der Waals surface area contributed by atoms with Crippen LogP contribution in [0.25, 0.3) is 33.5 Å². The van der Waals surface area contributed by atoms with Crippen molar-refractivity contribution in [3.63, 3.8) is 0 Å². The Morgan fingerprint density at radius 1 is 0.429 bits per heavy atom. The van der Waals surface area contributed by atoms with Crippen LogP contribution in [0.5, 0.6) is 0 Å². The van der Waals surface area contributed by atoms with Crippen LogP contribution in [0.1, 0.15) is 72.7 Å². The number of imidazole rings is 3. The highest BCUT2D eigenvalue weighted by molar-refractivity contribution is 5.85. The average Bonchev–Trinajstić information content (AvgIpc) is 4.36. The Labute approximate surface area is 423 Å². The normalized spacial score (nSPS) is 14.8. The number of nitrogens with one attached hydrogen (secondary N) is 3.